The van der Waals surface area contributed by atoms with Crippen LogP contribution in [0.1, 0.15) is 32.7 Å². The number of hydrogen-bond acceptors (Lipinski definition) is 8. The van der Waals surface area contributed by atoms with Gasteiger partial charge in [-0.1, -0.05) is 16.7 Å². The van der Waals surface area contributed by atoms with E-state index in [0.717, 1.165) is 11.3 Å². The Kier molecular flexibility index (Phi) is 6.15. The average Bonchev–Trinajstić information content (AvgIpc) is 3.48. The van der Waals surface area contributed by atoms with E-state index in [1.165, 1.54) is 10.4 Å². The van der Waals surface area contributed by atoms with Gasteiger partial charge in [-0.05, 0) is 44.9 Å². The van der Waals surface area contributed by atoms with Crippen molar-refractivity contribution in [3.05, 3.63) is 28.7 Å². The van der Waals surface area contributed by atoms with Crippen molar-refractivity contribution in [3.8, 4) is 11.6 Å². The number of nitrogens with one attached hydrogen (secondary N) is 1. The first-order valence-electron chi connectivity index (χ1n) is 9.69. The molecule has 166 valence electrons. The fraction of sp³-hybridized carbons (Fsp3) is 0.444. The Bertz CT molecular complexity index is 1190. The third kappa shape index (κ3) is 4.66. The lowest BCUT2D eigenvalue weighted by Gasteiger charge is -2.30. The first-order chi connectivity index (χ1) is 14.7. The van der Waals surface area contributed by atoms with Crippen LogP contribution in [0.3, 0.4) is 0 Å². The Hall–Kier alpha value is -2.28. The molecule has 1 atom stereocenters. The highest BCUT2D eigenvalue weighted by atomic mass is 35.5. The topological polar surface area (TPSA) is 123 Å². The Morgan fingerprint density at radius 2 is 2.13 bits per heavy atom. The minimum absolute atomic E-state index is 0.0517. The number of sulfonamides is 1. The third-order valence-corrected chi connectivity index (χ3v) is 8.47. The third-order valence-electron chi connectivity index (χ3n) is 4.91. The average molecular weight is 485 g/mol. The quantitative estimate of drug-likeness (QED) is 0.569. The number of carbonyl (C=O) groups is 1. The lowest BCUT2D eigenvalue weighted by molar-refractivity contribution is -0.121. The van der Waals surface area contributed by atoms with Crippen LogP contribution in [0.15, 0.2) is 33.0 Å². The second kappa shape index (κ2) is 8.69. The van der Waals surface area contributed by atoms with Crippen molar-refractivity contribution < 1.29 is 17.6 Å². The number of piperidine rings is 1. The molecule has 1 aliphatic heterocycles. The number of amides is 1. The molecule has 0 radical (unpaired) electrons. The minimum Gasteiger partial charge on any atom is -0.401 e. The van der Waals surface area contributed by atoms with E-state index < -0.39 is 15.9 Å². The molecule has 0 aliphatic carbocycles. The molecule has 3 aromatic rings. The SMILES string of the molecule is CC(C)n1ccc(-c2nnc(NC(=O)C3CCCN(S(=O)(=O)c4ccc(Cl)s4)C3)o2)n1. The van der Waals surface area contributed by atoms with Crippen LogP contribution in [0.5, 0.6) is 0 Å². The van der Waals surface area contributed by atoms with Gasteiger partial charge in [0.2, 0.25) is 5.91 Å². The molecule has 1 amide bonds. The van der Waals surface area contributed by atoms with E-state index in [0.29, 0.717) is 29.4 Å². The van der Waals surface area contributed by atoms with Gasteiger partial charge in [-0.3, -0.25) is 14.8 Å². The van der Waals surface area contributed by atoms with Crippen LogP contribution in [0.25, 0.3) is 11.6 Å². The number of rotatable bonds is 6. The molecule has 4 heterocycles. The number of nitrogens with zero attached hydrogens (tertiary/aromatic N) is 5. The summed E-state index contributed by atoms with van der Waals surface area (Å²) in [7, 11) is -3.69. The van der Waals surface area contributed by atoms with Gasteiger partial charge in [-0.15, -0.1) is 16.4 Å². The lowest BCUT2D eigenvalue weighted by atomic mass is 9.99. The van der Waals surface area contributed by atoms with Crippen molar-refractivity contribution in [1.29, 1.82) is 0 Å². The Morgan fingerprint density at radius 1 is 1.32 bits per heavy atom. The second-order valence-electron chi connectivity index (χ2n) is 7.44. The molecule has 1 saturated heterocycles. The van der Waals surface area contributed by atoms with Crippen molar-refractivity contribution in [1.82, 2.24) is 24.3 Å². The number of anilines is 1. The zero-order chi connectivity index (χ0) is 22.2. The van der Waals surface area contributed by atoms with Gasteiger partial charge in [-0.2, -0.15) is 9.40 Å². The van der Waals surface area contributed by atoms with Gasteiger partial charge in [0.05, 0.1) is 10.3 Å². The smallest absolute Gasteiger partial charge is 0.322 e. The maximum atomic E-state index is 12.8. The predicted molar refractivity (Wildman–Crippen MR) is 115 cm³/mol. The van der Waals surface area contributed by atoms with Gasteiger partial charge in [-0.25, -0.2) is 8.42 Å². The summed E-state index contributed by atoms with van der Waals surface area (Å²) in [5, 5.41) is 14.7. The van der Waals surface area contributed by atoms with Crippen molar-refractivity contribution in [2.24, 2.45) is 5.92 Å². The monoisotopic (exact) mass is 484 g/mol. The predicted octanol–water partition coefficient (Wildman–Crippen LogP) is 3.27. The molecule has 0 saturated carbocycles. The molecule has 1 unspecified atom stereocenters. The summed E-state index contributed by atoms with van der Waals surface area (Å²) >= 11 is 6.88. The molecule has 4 rings (SSSR count). The van der Waals surface area contributed by atoms with E-state index in [2.05, 4.69) is 20.6 Å². The highest BCUT2D eigenvalue weighted by molar-refractivity contribution is 7.91. The highest BCUT2D eigenvalue weighted by Gasteiger charge is 2.34. The highest BCUT2D eigenvalue weighted by Crippen LogP contribution is 2.31. The molecule has 13 heteroatoms. The van der Waals surface area contributed by atoms with Crippen molar-refractivity contribution in [2.45, 2.75) is 36.9 Å². The van der Waals surface area contributed by atoms with Crippen LogP contribution in [-0.4, -0.2) is 51.7 Å². The van der Waals surface area contributed by atoms with E-state index >= 15 is 0 Å². The van der Waals surface area contributed by atoms with Crippen LogP contribution in [0.2, 0.25) is 4.34 Å². The summed E-state index contributed by atoms with van der Waals surface area (Å²) in [5.41, 5.74) is 0.506. The maximum Gasteiger partial charge on any atom is 0.322 e. The van der Waals surface area contributed by atoms with Crippen LogP contribution in [0.4, 0.5) is 6.01 Å². The van der Waals surface area contributed by atoms with E-state index in [1.54, 1.807) is 23.0 Å². The normalized spacial score (nSPS) is 17.9. The van der Waals surface area contributed by atoms with Crippen LogP contribution >= 0.6 is 22.9 Å². The van der Waals surface area contributed by atoms with Gasteiger partial charge in [0.25, 0.3) is 15.9 Å². The molecule has 10 nitrogen and oxygen atoms in total. The molecular weight excluding hydrogens is 464 g/mol. The molecule has 1 fully saturated rings. The van der Waals surface area contributed by atoms with Gasteiger partial charge < -0.3 is 4.42 Å². The summed E-state index contributed by atoms with van der Waals surface area (Å²) in [5.74, 6) is -0.710. The largest absolute Gasteiger partial charge is 0.401 e. The Morgan fingerprint density at radius 3 is 2.81 bits per heavy atom. The maximum absolute atomic E-state index is 12.8. The number of thiophene rings is 1. The number of hydrogen-bond donors (Lipinski definition) is 1. The van der Waals surface area contributed by atoms with E-state index in [9.17, 15) is 13.2 Å². The van der Waals surface area contributed by atoms with Crippen LogP contribution in [-0.2, 0) is 14.8 Å². The van der Waals surface area contributed by atoms with Gasteiger partial charge in [0.15, 0.2) is 0 Å². The van der Waals surface area contributed by atoms with Crippen LogP contribution < -0.4 is 5.32 Å². The van der Waals surface area contributed by atoms with Gasteiger partial charge >= 0.3 is 6.01 Å². The van der Waals surface area contributed by atoms with E-state index in [4.69, 9.17) is 16.0 Å². The first-order valence-corrected chi connectivity index (χ1v) is 12.3. The Balaban J connectivity index is 1.42. The molecule has 0 aromatic carbocycles. The molecule has 1 aliphatic rings. The summed E-state index contributed by atoms with van der Waals surface area (Å²) < 4.78 is 34.8. The second-order valence-corrected chi connectivity index (χ2v) is 11.3. The molecule has 3 aromatic heterocycles. The number of aromatic nitrogens is 4. The van der Waals surface area contributed by atoms with E-state index in [-0.39, 0.29) is 34.6 Å². The zero-order valence-electron chi connectivity index (χ0n) is 16.9. The molecule has 31 heavy (non-hydrogen) atoms. The molecule has 1 N–H and O–H groups in total. The summed E-state index contributed by atoms with van der Waals surface area (Å²) in [6, 6.07) is 4.91. The standard InChI is InChI=1S/C18H21ClN6O4S2/c1-11(2)25-9-7-13(23-25)17-21-22-18(29-17)20-16(26)12-4-3-8-24(10-12)31(27,28)15-6-5-14(19)30-15/h5-7,9,11-12H,3-4,8,10H2,1-2H3,(H,20,22,26). The fourth-order valence-electron chi connectivity index (χ4n) is 3.26. The summed E-state index contributed by atoms with van der Waals surface area (Å²) in [4.78, 5) is 12.7. The van der Waals surface area contributed by atoms with Crippen molar-refractivity contribution in [3.63, 3.8) is 0 Å². The van der Waals surface area contributed by atoms with Crippen molar-refractivity contribution >= 4 is 44.9 Å². The number of carbonyl (C=O) groups excluding carboxylic acids is 1. The Labute approximate surface area is 188 Å². The lowest BCUT2D eigenvalue weighted by Crippen LogP contribution is -2.43. The molecular formula is C18H21ClN6O4S2. The van der Waals surface area contributed by atoms with Gasteiger partial charge in [0.1, 0.15) is 9.90 Å². The van der Waals surface area contributed by atoms with Crippen molar-refractivity contribution in [2.75, 3.05) is 18.4 Å². The fourth-order valence-corrected chi connectivity index (χ4v) is 6.42. The molecule has 0 bridgehead atoms. The zero-order valence-corrected chi connectivity index (χ0v) is 19.2. The minimum atomic E-state index is -3.69. The van der Waals surface area contributed by atoms with Gasteiger partial charge in [0, 0.05) is 25.3 Å². The van der Waals surface area contributed by atoms with E-state index in [1.807, 2.05) is 13.8 Å². The first kappa shape index (κ1) is 21.9. The van der Waals surface area contributed by atoms with Crippen LogP contribution in [0, 0.1) is 5.92 Å². The summed E-state index contributed by atoms with van der Waals surface area (Å²) in [6.45, 7) is 4.42. The summed E-state index contributed by atoms with van der Waals surface area (Å²) in [6.07, 6.45) is 2.93. The number of halogens is 1. The molecule has 0 spiro atoms.